The second-order valence-corrected chi connectivity index (χ2v) is 8.58. The van der Waals surface area contributed by atoms with Crippen LogP contribution in [-0.2, 0) is 4.74 Å². The lowest BCUT2D eigenvalue weighted by Gasteiger charge is -2.30. The van der Waals surface area contributed by atoms with Crippen molar-refractivity contribution < 1.29 is 9.47 Å². The van der Waals surface area contributed by atoms with E-state index in [0.717, 1.165) is 5.75 Å². The van der Waals surface area contributed by atoms with Crippen LogP contribution >= 0.6 is 21.6 Å². The van der Waals surface area contributed by atoms with E-state index in [1.807, 2.05) is 33.7 Å². The molecule has 106 valence electrons. The van der Waals surface area contributed by atoms with Gasteiger partial charge in [-0.25, -0.2) is 0 Å². The van der Waals surface area contributed by atoms with E-state index >= 15 is 0 Å². The largest absolute Gasteiger partial charge is 0.497 e. The Morgan fingerprint density at radius 3 is 2.32 bits per heavy atom. The molecule has 2 nitrogen and oxygen atoms in total. The maximum Gasteiger partial charge on any atom is 0.118 e. The maximum atomic E-state index is 6.18. The summed E-state index contributed by atoms with van der Waals surface area (Å²) in [5.41, 5.74) is 1.31. The molecule has 0 radical (unpaired) electrons. The van der Waals surface area contributed by atoms with Crippen molar-refractivity contribution in [1.29, 1.82) is 0 Å². The highest BCUT2D eigenvalue weighted by Crippen LogP contribution is 2.59. The number of methoxy groups -OCH3 is 1. The molecule has 0 aromatic heterocycles. The van der Waals surface area contributed by atoms with Crippen molar-refractivity contribution in [2.75, 3.05) is 7.11 Å². The maximum absolute atomic E-state index is 6.18. The minimum atomic E-state index is 0.138. The van der Waals surface area contributed by atoms with Crippen LogP contribution in [0.3, 0.4) is 0 Å². The fourth-order valence-electron chi connectivity index (χ4n) is 2.19. The lowest BCUT2D eigenvalue weighted by molar-refractivity contribution is -0.00757. The molecule has 0 N–H and O–H groups in total. The first-order valence-corrected chi connectivity index (χ1v) is 8.79. The van der Waals surface area contributed by atoms with Gasteiger partial charge in [0, 0.05) is 4.75 Å². The summed E-state index contributed by atoms with van der Waals surface area (Å²) in [7, 11) is 5.54. The summed E-state index contributed by atoms with van der Waals surface area (Å²) in [6.45, 7) is 8.74. The molecule has 1 aliphatic rings. The van der Waals surface area contributed by atoms with Gasteiger partial charge in [0.15, 0.2) is 0 Å². The van der Waals surface area contributed by atoms with E-state index in [0.29, 0.717) is 5.25 Å². The van der Waals surface area contributed by atoms with Crippen LogP contribution in [0.1, 0.15) is 38.5 Å². The lowest BCUT2D eigenvalue weighted by atomic mass is 9.97. The van der Waals surface area contributed by atoms with Crippen molar-refractivity contribution in [3.63, 3.8) is 0 Å². The Bertz CT molecular complexity index is 415. The van der Waals surface area contributed by atoms with E-state index in [1.165, 1.54) is 5.56 Å². The van der Waals surface area contributed by atoms with Gasteiger partial charge in [0.25, 0.3) is 0 Å². The zero-order chi connectivity index (χ0) is 14.0. The molecular weight excluding hydrogens is 276 g/mol. The van der Waals surface area contributed by atoms with Crippen molar-refractivity contribution >= 4 is 21.6 Å². The molecule has 1 aromatic carbocycles. The summed E-state index contributed by atoms with van der Waals surface area (Å²) in [5, 5.41) is 0.383. The number of ether oxygens (including phenoxy) is 2. The molecule has 1 heterocycles. The second kappa shape index (κ2) is 5.98. The number of hydrogen-bond acceptors (Lipinski definition) is 4. The van der Waals surface area contributed by atoms with Gasteiger partial charge < -0.3 is 9.47 Å². The highest BCUT2D eigenvalue weighted by atomic mass is 33.1. The predicted molar refractivity (Wildman–Crippen MR) is 85.0 cm³/mol. The Kier molecular flexibility index (Phi) is 4.75. The summed E-state index contributed by atoms with van der Waals surface area (Å²) in [5.74, 6) is 0.903. The Hall–Kier alpha value is -0.320. The van der Waals surface area contributed by atoms with Gasteiger partial charge >= 0.3 is 0 Å². The van der Waals surface area contributed by atoms with Gasteiger partial charge in [0.05, 0.1) is 24.6 Å². The van der Waals surface area contributed by atoms with Gasteiger partial charge in [0.2, 0.25) is 0 Å². The molecule has 1 saturated heterocycles. The van der Waals surface area contributed by atoms with Crippen molar-refractivity contribution in [2.24, 2.45) is 0 Å². The molecule has 0 saturated carbocycles. The van der Waals surface area contributed by atoms with Crippen LogP contribution in [0, 0.1) is 0 Å². The molecule has 2 atom stereocenters. The SMILES string of the molecule is COc1ccc([C@@H]2SSC(C)(C)[C@@H]2OC(C)C)cc1. The van der Waals surface area contributed by atoms with E-state index in [1.54, 1.807) is 7.11 Å². The summed E-state index contributed by atoms with van der Waals surface area (Å²) in [6.07, 6.45) is 0.486. The fourth-order valence-corrected chi connectivity index (χ4v) is 5.66. The quantitative estimate of drug-likeness (QED) is 0.749. The fraction of sp³-hybridized carbons (Fsp3) is 0.600. The molecule has 0 amide bonds. The molecule has 4 heteroatoms. The average Bonchev–Trinajstić information content (AvgIpc) is 2.65. The van der Waals surface area contributed by atoms with Crippen LogP contribution in [0.4, 0.5) is 0 Å². The van der Waals surface area contributed by atoms with Gasteiger partial charge in [-0.3, -0.25) is 0 Å². The third-order valence-electron chi connectivity index (χ3n) is 3.19. The van der Waals surface area contributed by atoms with Crippen LogP contribution in [0.5, 0.6) is 5.75 Å². The first-order valence-electron chi connectivity index (χ1n) is 6.58. The number of hydrogen-bond donors (Lipinski definition) is 0. The minimum Gasteiger partial charge on any atom is -0.497 e. The third-order valence-corrected chi connectivity index (χ3v) is 6.87. The van der Waals surface area contributed by atoms with E-state index in [4.69, 9.17) is 9.47 Å². The third kappa shape index (κ3) is 3.41. The molecule has 1 aliphatic heterocycles. The highest BCUT2D eigenvalue weighted by Gasteiger charge is 2.45. The van der Waals surface area contributed by atoms with E-state index in [-0.39, 0.29) is 17.0 Å². The predicted octanol–water partition coefficient (Wildman–Crippen LogP) is 4.70. The van der Waals surface area contributed by atoms with Crippen LogP contribution in [-0.4, -0.2) is 24.1 Å². The van der Waals surface area contributed by atoms with Crippen molar-refractivity contribution in [1.82, 2.24) is 0 Å². The standard InChI is InChI=1S/C15H22O2S2/c1-10(2)17-14-13(18-19-15(14,3)4)11-6-8-12(16-5)9-7-11/h6-10,13-14H,1-5H3/t13-,14+/m0/s1. The highest BCUT2D eigenvalue weighted by molar-refractivity contribution is 8.77. The van der Waals surface area contributed by atoms with Crippen molar-refractivity contribution in [3.8, 4) is 5.75 Å². The number of benzene rings is 1. The summed E-state index contributed by atoms with van der Waals surface area (Å²) in [4.78, 5) is 0. The molecule has 0 aliphatic carbocycles. The summed E-state index contributed by atoms with van der Waals surface area (Å²) < 4.78 is 11.5. The van der Waals surface area contributed by atoms with Crippen LogP contribution in [0.15, 0.2) is 24.3 Å². The van der Waals surface area contributed by atoms with Gasteiger partial charge in [0.1, 0.15) is 5.75 Å². The average molecular weight is 298 g/mol. The summed E-state index contributed by atoms with van der Waals surface area (Å²) >= 11 is 0. The Balaban J connectivity index is 2.21. The van der Waals surface area contributed by atoms with Gasteiger partial charge in [-0.15, -0.1) is 0 Å². The number of rotatable bonds is 4. The molecule has 1 fully saturated rings. The van der Waals surface area contributed by atoms with Gasteiger partial charge in [-0.2, -0.15) is 0 Å². The van der Waals surface area contributed by atoms with Crippen LogP contribution in [0.25, 0.3) is 0 Å². The van der Waals surface area contributed by atoms with E-state index < -0.39 is 0 Å². The zero-order valence-electron chi connectivity index (χ0n) is 12.2. The minimum absolute atomic E-state index is 0.138. The van der Waals surface area contributed by atoms with E-state index in [2.05, 4.69) is 39.8 Å². The van der Waals surface area contributed by atoms with E-state index in [9.17, 15) is 0 Å². The van der Waals surface area contributed by atoms with Crippen LogP contribution < -0.4 is 4.74 Å². The second-order valence-electron chi connectivity index (χ2n) is 5.58. The molecular formula is C15H22O2S2. The lowest BCUT2D eigenvalue weighted by Crippen LogP contribution is -2.36. The summed E-state index contributed by atoms with van der Waals surface area (Å²) in [6, 6.07) is 8.35. The molecule has 1 aromatic rings. The van der Waals surface area contributed by atoms with Crippen molar-refractivity contribution in [3.05, 3.63) is 29.8 Å². The monoisotopic (exact) mass is 298 g/mol. The molecule has 2 rings (SSSR count). The molecule has 0 spiro atoms. The first kappa shape index (κ1) is 15.1. The van der Waals surface area contributed by atoms with Crippen molar-refractivity contribution in [2.45, 2.75) is 49.9 Å². The topological polar surface area (TPSA) is 18.5 Å². The zero-order valence-corrected chi connectivity index (χ0v) is 13.8. The molecule has 0 bridgehead atoms. The molecule has 0 unspecified atom stereocenters. The normalized spacial score (nSPS) is 25.8. The van der Waals surface area contributed by atoms with Gasteiger partial charge in [-0.1, -0.05) is 33.7 Å². The van der Waals surface area contributed by atoms with Crippen LogP contribution in [0.2, 0.25) is 0 Å². The first-order chi connectivity index (χ1) is 8.94. The Morgan fingerprint density at radius 2 is 1.79 bits per heavy atom. The Morgan fingerprint density at radius 1 is 1.16 bits per heavy atom. The molecule has 19 heavy (non-hydrogen) atoms. The smallest absolute Gasteiger partial charge is 0.118 e. The van der Waals surface area contributed by atoms with Gasteiger partial charge in [-0.05, 0) is 45.4 Å². The Labute approximate surface area is 124 Å².